The monoisotopic (exact) mass is 569 g/mol. The Morgan fingerprint density at radius 1 is 1.02 bits per heavy atom. The third kappa shape index (κ3) is 5.43. The Bertz CT molecular complexity index is 1580. The first-order valence-electron chi connectivity index (χ1n) is 11.9. The van der Waals surface area contributed by atoms with Crippen molar-refractivity contribution in [2.75, 3.05) is 12.1 Å². The SMILES string of the molecule is C[C@@]1(OC(=O)c2ccccc2)[C@H](OC(=O)c2ccccc2)[C@@H](OCP(=O)(O)O)O[C@H]1n1cnc2c(N)ncnc21. The van der Waals surface area contributed by atoms with Gasteiger partial charge in [-0.3, -0.25) is 9.13 Å². The van der Waals surface area contributed by atoms with Crippen molar-refractivity contribution in [2.45, 2.75) is 31.1 Å². The van der Waals surface area contributed by atoms with Crippen LogP contribution in [0.15, 0.2) is 73.3 Å². The fourth-order valence-electron chi connectivity index (χ4n) is 4.30. The summed E-state index contributed by atoms with van der Waals surface area (Å²) in [6, 6.07) is 16.1. The molecule has 0 bridgehead atoms. The first-order chi connectivity index (χ1) is 19.1. The molecule has 0 unspecified atom stereocenters. The highest BCUT2D eigenvalue weighted by atomic mass is 31.2. The average molecular weight is 569 g/mol. The van der Waals surface area contributed by atoms with Gasteiger partial charge in [-0.2, -0.15) is 0 Å². The molecule has 4 atom stereocenters. The van der Waals surface area contributed by atoms with E-state index in [4.69, 9.17) is 24.7 Å². The fourth-order valence-corrected chi connectivity index (χ4v) is 4.64. The Hall–Kier alpha value is -4.20. The van der Waals surface area contributed by atoms with Crippen LogP contribution in [0.4, 0.5) is 5.82 Å². The molecule has 1 aliphatic heterocycles. The molecule has 1 aliphatic rings. The minimum absolute atomic E-state index is 0.0751. The van der Waals surface area contributed by atoms with Crippen molar-refractivity contribution in [1.82, 2.24) is 19.5 Å². The van der Waals surface area contributed by atoms with Crippen molar-refractivity contribution in [3.63, 3.8) is 0 Å². The maximum Gasteiger partial charge on any atom is 0.351 e. The van der Waals surface area contributed by atoms with Gasteiger partial charge in [0.2, 0.25) is 6.29 Å². The maximum atomic E-state index is 13.3. The zero-order chi connectivity index (χ0) is 28.5. The Morgan fingerprint density at radius 3 is 2.27 bits per heavy atom. The Labute approximate surface area is 226 Å². The number of nitrogen functional groups attached to an aromatic ring is 1. The summed E-state index contributed by atoms with van der Waals surface area (Å²) in [5.74, 6) is -1.53. The molecule has 2 aromatic carbocycles. The highest BCUT2D eigenvalue weighted by Gasteiger charge is 2.61. The van der Waals surface area contributed by atoms with Gasteiger partial charge in [0.25, 0.3) is 0 Å². The number of hydrogen-bond donors (Lipinski definition) is 3. The second-order valence-electron chi connectivity index (χ2n) is 9.03. The molecule has 0 spiro atoms. The normalized spacial score (nSPS) is 22.7. The van der Waals surface area contributed by atoms with Crippen molar-refractivity contribution >= 4 is 36.5 Å². The molecule has 1 fully saturated rings. The molecule has 15 heteroatoms. The van der Waals surface area contributed by atoms with Crippen LogP contribution >= 0.6 is 7.60 Å². The number of ether oxygens (including phenoxy) is 4. The van der Waals surface area contributed by atoms with Gasteiger partial charge in [-0.1, -0.05) is 36.4 Å². The van der Waals surface area contributed by atoms with Crippen LogP contribution in [-0.2, 0) is 23.5 Å². The molecule has 1 saturated heterocycles. The quantitative estimate of drug-likeness (QED) is 0.206. The molecule has 208 valence electrons. The first-order valence-corrected chi connectivity index (χ1v) is 13.7. The number of nitrogens with two attached hydrogens (primary N) is 1. The van der Waals surface area contributed by atoms with Crippen LogP contribution in [0.1, 0.15) is 33.9 Å². The van der Waals surface area contributed by atoms with Crippen LogP contribution in [0.3, 0.4) is 0 Å². The second-order valence-corrected chi connectivity index (χ2v) is 10.6. The Balaban J connectivity index is 1.60. The van der Waals surface area contributed by atoms with Crippen molar-refractivity contribution in [2.24, 2.45) is 0 Å². The molecular formula is C25H24N5O9P. The minimum atomic E-state index is -4.69. The summed E-state index contributed by atoms with van der Waals surface area (Å²) in [5, 5.41) is 0. The number of hydrogen-bond acceptors (Lipinski definition) is 11. The van der Waals surface area contributed by atoms with Crippen LogP contribution in [0.2, 0.25) is 0 Å². The molecule has 14 nitrogen and oxygen atoms in total. The van der Waals surface area contributed by atoms with Crippen LogP contribution in [0.5, 0.6) is 0 Å². The summed E-state index contributed by atoms with van der Waals surface area (Å²) < 4.78 is 36.3. The zero-order valence-corrected chi connectivity index (χ0v) is 21.8. The molecule has 2 aromatic heterocycles. The van der Waals surface area contributed by atoms with Crippen molar-refractivity contribution in [1.29, 1.82) is 0 Å². The number of fused-ring (bicyclic) bond motifs is 1. The zero-order valence-electron chi connectivity index (χ0n) is 20.9. The number of nitrogens with zero attached hydrogens (tertiary/aromatic N) is 4. The topological polar surface area (TPSA) is 198 Å². The van der Waals surface area contributed by atoms with E-state index >= 15 is 0 Å². The third-order valence-electron chi connectivity index (χ3n) is 6.18. The van der Waals surface area contributed by atoms with Crippen LogP contribution < -0.4 is 5.73 Å². The minimum Gasteiger partial charge on any atom is -0.449 e. The van der Waals surface area contributed by atoms with E-state index in [1.165, 1.54) is 48.4 Å². The van der Waals surface area contributed by atoms with Gasteiger partial charge >= 0.3 is 19.5 Å². The number of esters is 2. The molecule has 4 N–H and O–H groups in total. The van der Waals surface area contributed by atoms with E-state index in [1.54, 1.807) is 36.4 Å². The standard InChI is InChI=1S/C25H24N5O9P/c1-25(39-22(32)16-10-6-3-7-11-16)18(37-21(31)15-8-4-2-5-9-15)23(36-14-40(33,34)35)38-24(25)30-13-29-17-19(26)27-12-28-20(17)30/h2-13,18,23-24H,14H2,1H3,(H2,26,27,28)(H2,33,34,35)/t18-,23+,24-,25-/m1/s1. The third-order valence-corrected chi connectivity index (χ3v) is 6.66. The van der Waals surface area contributed by atoms with Gasteiger partial charge < -0.3 is 34.5 Å². The largest absolute Gasteiger partial charge is 0.449 e. The number of imidazole rings is 1. The number of carbonyl (C=O) groups excluding carboxylic acids is 2. The van der Waals surface area contributed by atoms with Gasteiger partial charge in [0.1, 0.15) is 11.8 Å². The lowest BCUT2D eigenvalue weighted by molar-refractivity contribution is -0.168. The first kappa shape index (κ1) is 27.4. The predicted octanol–water partition coefficient (Wildman–Crippen LogP) is 2.26. The number of benzene rings is 2. The summed E-state index contributed by atoms with van der Waals surface area (Å²) in [5.41, 5.74) is 4.88. The fraction of sp³-hybridized carbons (Fsp3) is 0.240. The Kier molecular flexibility index (Phi) is 7.36. The lowest BCUT2D eigenvalue weighted by Crippen LogP contribution is -2.50. The van der Waals surface area contributed by atoms with Gasteiger partial charge in [0.05, 0.1) is 17.5 Å². The smallest absolute Gasteiger partial charge is 0.351 e. The van der Waals surface area contributed by atoms with E-state index in [1.807, 2.05) is 0 Å². The van der Waals surface area contributed by atoms with Crippen LogP contribution in [0, 0.1) is 0 Å². The lowest BCUT2D eigenvalue weighted by atomic mass is 9.97. The maximum absolute atomic E-state index is 13.3. The summed E-state index contributed by atoms with van der Waals surface area (Å²) in [7, 11) is -4.69. The summed E-state index contributed by atoms with van der Waals surface area (Å²) in [6.07, 6.45) is -2.96. The highest BCUT2D eigenvalue weighted by molar-refractivity contribution is 7.51. The molecule has 4 aromatic rings. The number of carbonyl (C=O) groups is 2. The van der Waals surface area contributed by atoms with E-state index in [0.717, 1.165) is 0 Å². The van der Waals surface area contributed by atoms with Crippen molar-refractivity contribution < 1.29 is 42.9 Å². The van der Waals surface area contributed by atoms with Crippen LogP contribution in [0.25, 0.3) is 11.2 Å². The molecule has 0 saturated carbocycles. The number of aromatic nitrogens is 4. The summed E-state index contributed by atoms with van der Waals surface area (Å²) in [4.78, 5) is 57.7. The summed E-state index contributed by atoms with van der Waals surface area (Å²) in [6.45, 7) is 1.44. The Morgan fingerprint density at radius 2 is 1.65 bits per heavy atom. The average Bonchev–Trinajstić information content (AvgIpc) is 3.47. The predicted molar refractivity (Wildman–Crippen MR) is 138 cm³/mol. The molecule has 0 aliphatic carbocycles. The molecule has 3 heterocycles. The summed E-state index contributed by atoms with van der Waals surface area (Å²) >= 11 is 0. The van der Waals surface area contributed by atoms with E-state index in [9.17, 15) is 23.9 Å². The van der Waals surface area contributed by atoms with Gasteiger partial charge in [0.15, 0.2) is 35.7 Å². The van der Waals surface area contributed by atoms with Gasteiger partial charge in [-0.25, -0.2) is 24.5 Å². The van der Waals surface area contributed by atoms with Crippen molar-refractivity contribution in [3.05, 3.63) is 84.4 Å². The van der Waals surface area contributed by atoms with Crippen LogP contribution in [-0.4, -0.2) is 65.6 Å². The van der Waals surface area contributed by atoms with Gasteiger partial charge in [0, 0.05) is 0 Å². The number of anilines is 1. The number of rotatable bonds is 8. The second kappa shape index (κ2) is 10.8. The van der Waals surface area contributed by atoms with Gasteiger partial charge in [-0.15, -0.1) is 0 Å². The van der Waals surface area contributed by atoms with E-state index in [2.05, 4.69) is 15.0 Å². The van der Waals surface area contributed by atoms with E-state index in [0.29, 0.717) is 0 Å². The molecule has 0 amide bonds. The molecule has 40 heavy (non-hydrogen) atoms. The molecular weight excluding hydrogens is 545 g/mol. The lowest BCUT2D eigenvalue weighted by Gasteiger charge is -2.34. The highest BCUT2D eigenvalue weighted by Crippen LogP contribution is 2.46. The molecule has 5 rings (SSSR count). The van der Waals surface area contributed by atoms with Crippen molar-refractivity contribution in [3.8, 4) is 0 Å². The van der Waals surface area contributed by atoms with E-state index < -0.39 is 50.1 Å². The van der Waals surface area contributed by atoms with E-state index in [-0.39, 0.29) is 28.1 Å². The molecule has 0 radical (unpaired) electrons. The van der Waals surface area contributed by atoms with Gasteiger partial charge in [-0.05, 0) is 31.2 Å².